The Bertz CT molecular complexity index is 552. The van der Waals surface area contributed by atoms with E-state index in [1.165, 1.54) is 16.0 Å². The van der Waals surface area contributed by atoms with E-state index < -0.39 is 0 Å². The van der Waals surface area contributed by atoms with E-state index in [9.17, 15) is 9.59 Å². The second-order valence-electron chi connectivity index (χ2n) is 6.70. The number of rotatable bonds is 6. The van der Waals surface area contributed by atoms with Gasteiger partial charge in [0, 0.05) is 19.1 Å². The molecule has 3 amide bonds. The number of amides is 3. The highest BCUT2D eigenvalue weighted by Crippen LogP contribution is 2.24. The van der Waals surface area contributed by atoms with Gasteiger partial charge < -0.3 is 10.6 Å². The maximum absolute atomic E-state index is 12.2. The minimum atomic E-state index is -0.292. The number of benzene rings is 1. The van der Waals surface area contributed by atoms with Crippen molar-refractivity contribution >= 4 is 11.9 Å². The summed E-state index contributed by atoms with van der Waals surface area (Å²) in [6.07, 6.45) is 0. The van der Waals surface area contributed by atoms with Crippen molar-refractivity contribution in [2.24, 2.45) is 5.92 Å². The molecule has 2 N–H and O–H groups in total. The van der Waals surface area contributed by atoms with E-state index in [0.29, 0.717) is 24.9 Å². The highest BCUT2D eigenvalue weighted by atomic mass is 16.2. The number of carbonyl (C=O) groups excluding carboxylic acids is 2. The molecule has 0 saturated carbocycles. The summed E-state index contributed by atoms with van der Waals surface area (Å²) < 4.78 is 0. The fourth-order valence-corrected chi connectivity index (χ4v) is 2.83. The van der Waals surface area contributed by atoms with Crippen LogP contribution in [0.3, 0.4) is 0 Å². The lowest BCUT2D eigenvalue weighted by molar-refractivity contribution is -0.126. The van der Waals surface area contributed by atoms with Crippen LogP contribution in [0.25, 0.3) is 0 Å². The van der Waals surface area contributed by atoms with Crippen molar-refractivity contribution in [3.8, 4) is 0 Å². The van der Waals surface area contributed by atoms with E-state index in [0.717, 1.165) is 0 Å². The number of nitrogens with one attached hydrogen (secondary N) is 2. The van der Waals surface area contributed by atoms with Gasteiger partial charge in [0.05, 0.1) is 6.54 Å². The van der Waals surface area contributed by atoms with Crippen LogP contribution in [0.4, 0.5) is 4.79 Å². The van der Waals surface area contributed by atoms with Crippen LogP contribution in [0.1, 0.15) is 50.8 Å². The summed E-state index contributed by atoms with van der Waals surface area (Å²) in [5.74, 6) is 0.675. The van der Waals surface area contributed by atoms with Crippen molar-refractivity contribution in [2.75, 3.05) is 19.6 Å². The van der Waals surface area contributed by atoms with Crippen LogP contribution >= 0.6 is 0 Å². The van der Waals surface area contributed by atoms with Gasteiger partial charge in [-0.2, -0.15) is 0 Å². The van der Waals surface area contributed by atoms with Crippen molar-refractivity contribution in [3.63, 3.8) is 0 Å². The molecule has 0 aliphatic carbocycles. The predicted molar refractivity (Wildman–Crippen MR) is 91.2 cm³/mol. The minimum Gasteiger partial charge on any atom is -0.336 e. The zero-order valence-electron chi connectivity index (χ0n) is 14.4. The van der Waals surface area contributed by atoms with E-state index in [1.54, 1.807) is 0 Å². The summed E-state index contributed by atoms with van der Waals surface area (Å²) in [7, 11) is 0. The summed E-state index contributed by atoms with van der Waals surface area (Å²) in [6, 6.07) is 8.34. The molecule has 0 aromatic heterocycles. The lowest BCUT2D eigenvalue weighted by atomic mass is 9.93. The van der Waals surface area contributed by atoms with E-state index in [-0.39, 0.29) is 24.5 Å². The summed E-state index contributed by atoms with van der Waals surface area (Å²) in [6.45, 7) is 9.76. The SMILES string of the molecule is CC(C)c1ccc([C@H](NCC(=O)N2CCNC2=O)C(C)C)cc1. The van der Waals surface area contributed by atoms with Gasteiger partial charge in [0.2, 0.25) is 5.91 Å². The van der Waals surface area contributed by atoms with Crippen LogP contribution in [0.15, 0.2) is 24.3 Å². The van der Waals surface area contributed by atoms with Gasteiger partial charge >= 0.3 is 6.03 Å². The zero-order chi connectivity index (χ0) is 17.0. The first-order chi connectivity index (χ1) is 10.9. The molecule has 2 rings (SSSR count). The predicted octanol–water partition coefficient (Wildman–Crippen LogP) is 2.65. The van der Waals surface area contributed by atoms with Crippen LogP contribution < -0.4 is 10.6 Å². The Balaban J connectivity index is 2.01. The van der Waals surface area contributed by atoms with Crippen molar-refractivity contribution in [2.45, 2.75) is 39.7 Å². The molecule has 5 heteroatoms. The minimum absolute atomic E-state index is 0.0887. The Morgan fingerprint density at radius 2 is 1.78 bits per heavy atom. The number of nitrogens with zero attached hydrogens (tertiary/aromatic N) is 1. The van der Waals surface area contributed by atoms with Gasteiger partial charge in [-0.15, -0.1) is 0 Å². The van der Waals surface area contributed by atoms with E-state index in [4.69, 9.17) is 0 Å². The third-order valence-electron chi connectivity index (χ3n) is 4.26. The molecule has 0 radical (unpaired) electrons. The topological polar surface area (TPSA) is 61.4 Å². The molecule has 1 saturated heterocycles. The Morgan fingerprint density at radius 1 is 1.17 bits per heavy atom. The van der Waals surface area contributed by atoms with E-state index in [2.05, 4.69) is 62.6 Å². The second kappa shape index (κ2) is 7.59. The molecule has 1 aliphatic heterocycles. The van der Waals surface area contributed by atoms with E-state index in [1.807, 2.05) is 0 Å². The van der Waals surface area contributed by atoms with Gasteiger partial charge in [0.15, 0.2) is 0 Å². The standard InChI is InChI=1S/C18H27N3O2/c1-12(2)14-5-7-15(8-6-14)17(13(3)4)20-11-16(22)21-10-9-19-18(21)23/h5-8,12-13,17,20H,9-11H2,1-4H3,(H,19,23)/t17-/m1/s1. The monoisotopic (exact) mass is 317 g/mol. The van der Waals surface area contributed by atoms with Crippen molar-refractivity contribution in [3.05, 3.63) is 35.4 Å². The average Bonchev–Trinajstić information content (AvgIpc) is 2.93. The number of hydrogen-bond donors (Lipinski definition) is 2. The van der Waals surface area contributed by atoms with Crippen LogP contribution in [0.2, 0.25) is 0 Å². The molecule has 0 unspecified atom stereocenters. The van der Waals surface area contributed by atoms with Crippen LogP contribution in [0, 0.1) is 5.92 Å². The number of hydrogen-bond acceptors (Lipinski definition) is 3. The quantitative estimate of drug-likeness (QED) is 0.848. The zero-order valence-corrected chi connectivity index (χ0v) is 14.4. The molecule has 0 bridgehead atoms. The van der Waals surface area contributed by atoms with Crippen molar-refractivity contribution < 1.29 is 9.59 Å². The van der Waals surface area contributed by atoms with Gasteiger partial charge in [-0.1, -0.05) is 52.0 Å². The number of urea groups is 1. The Labute approximate surface area is 138 Å². The molecule has 1 aromatic carbocycles. The number of carbonyl (C=O) groups is 2. The molecular weight excluding hydrogens is 290 g/mol. The fraction of sp³-hybridized carbons (Fsp3) is 0.556. The Morgan fingerprint density at radius 3 is 2.26 bits per heavy atom. The van der Waals surface area contributed by atoms with Crippen LogP contribution in [-0.2, 0) is 4.79 Å². The summed E-state index contributed by atoms with van der Waals surface area (Å²) in [5.41, 5.74) is 2.48. The summed E-state index contributed by atoms with van der Waals surface area (Å²) >= 11 is 0. The normalized spacial score (nSPS) is 16.1. The molecule has 5 nitrogen and oxygen atoms in total. The first-order valence-corrected chi connectivity index (χ1v) is 8.31. The average molecular weight is 317 g/mol. The van der Waals surface area contributed by atoms with Gasteiger partial charge in [-0.25, -0.2) is 4.79 Å². The van der Waals surface area contributed by atoms with Crippen LogP contribution in [-0.4, -0.2) is 36.5 Å². The Kier molecular flexibility index (Phi) is 5.77. The van der Waals surface area contributed by atoms with Gasteiger partial charge in [-0.05, 0) is 23.0 Å². The first-order valence-electron chi connectivity index (χ1n) is 8.31. The maximum Gasteiger partial charge on any atom is 0.324 e. The lowest BCUT2D eigenvalue weighted by Gasteiger charge is -2.24. The molecule has 0 spiro atoms. The molecule has 1 heterocycles. The Hall–Kier alpha value is -1.88. The third kappa shape index (κ3) is 4.32. The maximum atomic E-state index is 12.2. The smallest absolute Gasteiger partial charge is 0.324 e. The molecule has 1 fully saturated rings. The van der Waals surface area contributed by atoms with Crippen LogP contribution in [0.5, 0.6) is 0 Å². The lowest BCUT2D eigenvalue weighted by Crippen LogP contribution is -2.41. The summed E-state index contributed by atoms with van der Waals surface area (Å²) in [4.78, 5) is 25.0. The molecule has 1 aliphatic rings. The third-order valence-corrected chi connectivity index (χ3v) is 4.26. The van der Waals surface area contributed by atoms with Gasteiger partial charge in [0.25, 0.3) is 0 Å². The molecule has 1 atom stereocenters. The summed E-state index contributed by atoms with van der Waals surface area (Å²) in [5, 5.41) is 5.96. The van der Waals surface area contributed by atoms with Crippen molar-refractivity contribution in [1.29, 1.82) is 0 Å². The number of imide groups is 1. The van der Waals surface area contributed by atoms with Gasteiger partial charge in [0.1, 0.15) is 0 Å². The fourth-order valence-electron chi connectivity index (χ4n) is 2.83. The van der Waals surface area contributed by atoms with E-state index >= 15 is 0 Å². The molecule has 126 valence electrons. The largest absolute Gasteiger partial charge is 0.336 e. The van der Waals surface area contributed by atoms with Crippen molar-refractivity contribution in [1.82, 2.24) is 15.5 Å². The molecule has 23 heavy (non-hydrogen) atoms. The highest BCUT2D eigenvalue weighted by molar-refractivity contribution is 5.96. The molecule has 1 aromatic rings. The first kappa shape index (κ1) is 17.5. The van der Waals surface area contributed by atoms with Gasteiger partial charge in [-0.3, -0.25) is 9.69 Å². The molecular formula is C18H27N3O2. The second-order valence-corrected chi connectivity index (χ2v) is 6.70. The highest BCUT2D eigenvalue weighted by Gasteiger charge is 2.26.